The number of hydrogen-bond donors (Lipinski definition) is 2. The second kappa shape index (κ2) is 9.63. The van der Waals surface area contributed by atoms with Crippen LogP contribution in [-0.2, 0) is 24.1 Å². The molecule has 1 aliphatic heterocycles. The molecule has 2 atom stereocenters. The van der Waals surface area contributed by atoms with E-state index in [1.165, 1.54) is 13.8 Å². The van der Waals surface area contributed by atoms with Crippen molar-refractivity contribution in [3.8, 4) is 0 Å². The summed E-state index contributed by atoms with van der Waals surface area (Å²) in [5.41, 5.74) is 7.89. The molecule has 2 rings (SSSR count). The molecule has 0 aromatic heterocycles. The largest absolute Gasteiger partial charge is 0.391 e. The topological polar surface area (TPSA) is 132 Å². The molecule has 2 unspecified atom stereocenters. The molecule has 28 heavy (non-hydrogen) atoms. The van der Waals surface area contributed by atoms with E-state index >= 15 is 0 Å². The molecule has 1 aromatic rings. The van der Waals surface area contributed by atoms with Crippen LogP contribution in [0.3, 0.4) is 0 Å². The average Bonchev–Trinajstić information content (AvgIpc) is 3.12. The van der Waals surface area contributed by atoms with Gasteiger partial charge < -0.3 is 20.7 Å². The number of nitrogens with zero attached hydrogens (tertiary/aromatic N) is 2. The SMILES string of the molecule is CC(=O)O/N=C(/N)c1ccc(C2=NOC(CC(=O)NCC(C)C(C)=O)C2)cc1. The summed E-state index contributed by atoms with van der Waals surface area (Å²) >= 11 is 0. The minimum Gasteiger partial charge on any atom is -0.391 e. The van der Waals surface area contributed by atoms with Gasteiger partial charge in [-0.05, 0) is 12.5 Å². The zero-order valence-corrected chi connectivity index (χ0v) is 16.1. The number of carbonyl (C=O) groups is 3. The number of amidine groups is 1. The number of nitrogens with two attached hydrogens (primary N) is 1. The average molecular weight is 388 g/mol. The molecule has 1 heterocycles. The third-order valence-electron chi connectivity index (χ3n) is 4.23. The van der Waals surface area contributed by atoms with Gasteiger partial charge >= 0.3 is 5.97 Å². The zero-order chi connectivity index (χ0) is 20.7. The molecule has 0 saturated carbocycles. The number of benzene rings is 1. The highest BCUT2D eigenvalue weighted by molar-refractivity contribution is 6.03. The summed E-state index contributed by atoms with van der Waals surface area (Å²) in [6.07, 6.45) is 0.307. The molecule has 1 aromatic carbocycles. The number of nitrogens with one attached hydrogen (secondary N) is 1. The Morgan fingerprint density at radius 3 is 2.61 bits per heavy atom. The van der Waals surface area contributed by atoms with Crippen LogP contribution in [0.5, 0.6) is 0 Å². The summed E-state index contributed by atoms with van der Waals surface area (Å²) in [5, 5.41) is 10.3. The van der Waals surface area contributed by atoms with Gasteiger partial charge in [0.25, 0.3) is 0 Å². The first-order chi connectivity index (χ1) is 13.3. The summed E-state index contributed by atoms with van der Waals surface area (Å²) in [5.74, 6) is -0.830. The summed E-state index contributed by atoms with van der Waals surface area (Å²) in [4.78, 5) is 43.8. The zero-order valence-electron chi connectivity index (χ0n) is 16.1. The first-order valence-electron chi connectivity index (χ1n) is 8.88. The van der Waals surface area contributed by atoms with Crippen LogP contribution in [0.25, 0.3) is 0 Å². The number of ketones is 1. The van der Waals surface area contributed by atoms with Crippen LogP contribution in [0.2, 0.25) is 0 Å². The summed E-state index contributed by atoms with van der Waals surface area (Å²) in [6, 6.07) is 7.04. The van der Waals surface area contributed by atoms with Crippen molar-refractivity contribution in [2.24, 2.45) is 22.0 Å². The molecule has 150 valence electrons. The van der Waals surface area contributed by atoms with Crippen molar-refractivity contribution in [1.82, 2.24) is 5.32 Å². The Morgan fingerprint density at radius 1 is 1.32 bits per heavy atom. The lowest BCUT2D eigenvalue weighted by Gasteiger charge is -2.11. The molecular weight excluding hydrogens is 364 g/mol. The highest BCUT2D eigenvalue weighted by atomic mass is 16.7. The van der Waals surface area contributed by atoms with E-state index in [0.29, 0.717) is 18.5 Å². The van der Waals surface area contributed by atoms with Crippen molar-refractivity contribution in [2.75, 3.05) is 6.54 Å². The van der Waals surface area contributed by atoms with Crippen LogP contribution in [0.4, 0.5) is 0 Å². The van der Waals surface area contributed by atoms with E-state index in [-0.39, 0.29) is 36.0 Å². The maximum absolute atomic E-state index is 12.0. The van der Waals surface area contributed by atoms with E-state index in [4.69, 9.17) is 10.6 Å². The second-order valence-electron chi connectivity index (χ2n) is 6.63. The normalized spacial score (nSPS) is 17.3. The monoisotopic (exact) mass is 388 g/mol. The quantitative estimate of drug-likeness (QED) is 0.296. The lowest BCUT2D eigenvalue weighted by molar-refractivity contribution is -0.141. The lowest BCUT2D eigenvalue weighted by Crippen LogP contribution is -2.33. The predicted molar refractivity (Wildman–Crippen MR) is 102 cm³/mol. The smallest absolute Gasteiger partial charge is 0.332 e. The van der Waals surface area contributed by atoms with Crippen molar-refractivity contribution in [3.05, 3.63) is 35.4 Å². The maximum atomic E-state index is 12.0. The Kier molecular flexibility index (Phi) is 7.25. The third kappa shape index (κ3) is 6.19. The molecule has 0 aliphatic carbocycles. The Balaban J connectivity index is 1.86. The third-order valence-corrected chi connectivity index (χ3v) is 4.23. The predicted octanol–water partition coefficient (Wildman–Crippen LogP) is 1.09. The molecular formula is C19H24N4O5. The van der Waals surface area contributed by atoms with Crippen LogP contribution in [0.1, 0.15) is 44.7 Å². The second-order valence-corrected chi connectivity index (χ2v) is 6.63. The molecule has 3 N–H and O–H groups in total. The first kappa shape index (κ1) is 21.1. The Morgan fingerprint density at radius 2 is 2.00 bits per heavy atom. The molecule has 0 spiro atoms. The molecule has 0 fully saturated rings. The minimum absolute atomic E-state index is 0.0324. The Hall–Kier alpha value is -3.23. The van der Waals surface area contributed by atoms with Crippen LogP contribution in [0.15, 0.2) is 34.6 Å². The molecule has 0 bridgehead atoms. The van der Waals surface area contributed by atoms with Crippen LogP contribution in [-0.4, -0.2) is 41.9 Å². The van der Waals surface area contributed by atoms with Gasteiger partial charge in [-0.2, -0.15) is 0 Å². The van der Waals surface area contributed by atoms with Crippen LogP contribution in [0, 0.1) is 5.92 Å². The van der Waals surface area contributed by atoms with Gasteiger partial charge in [-0.25, -0.2) is 4.79 Å². The standard InChI is InChI=1S/C19H24N4O5/c1-11(12(2)24)10-21-18(26)9-16-8-17(22-28-16)14-4-6-15(7-5-14)19(20)23-27-13(3)25/h4-7,11,16H,8-10H2,1-3H3,(H2,20,23)(H,21,26). The number of amides is 1. The van der Waals surface area contributed by atoms with E-state index < -0.39 is 5.97 Å². The summed E-state index contributed by atoms with van der Waals surface area (Å²) in [6.45, 7) is 4.81. The van der Waals surface area contributed by atoms with Crippen LogP contribution < -0.4 is 11.1 Å². The van der Waals surface area contributed by atoms with Gasteiger partial charge in [0.15, 0.2) is 5.84 Å². The number of hydrogen-bond acceptors (Lipinski definition) is 7. The highest BCUT2D eigenvalue weighted by Gasteiger charge is 2.25. The van der Waals surface area contributed by atoms with E-state index in [1.54, 1.807) is 31.2 Å². The van der Waals surface area contributed by atoms with Gasteiger partial charge in [0.2, 0.25) is 5.91 Å². The molecule has 0 radical (unpaired) electrons. The fourth-order valence-electron chi connectivity index (χ4n) is 2.40. The fourth-order valence-corrected chi connectivity index (χ4v) is 2.40. The fraction of sp³-hybridized carbons (Fsp3) is 0.421. The number of oxime groups is 2. The van der Waals surface area contributed by atoms with E-state index in [1.807, 2.05) is 0 Å². The van der Waals surface area contributed by atoms with E-state index in [2.05, 4.69) is 20.5 Å². The van der Waals surface area contributed by atoms with Crippen molar-refractivity contribution in [1.29, 1.82) is 0 Å². The summed E-state index contributed by atoms with van der Waals surface area (Å²) < 4.78 is 0. The van der Waals surface area contributed by atoms with Crippen molar-refractivity contribution in [2.45, 2.75) is 39.7 Å². The highest BCUT2D eigenvalue weighted by Crippen LogP contribution is 2.19. The van der Waals surface area contributed by atoms with Gasteiger partial charge in [-0.3, -0.25) is 9.59 Å². The van der Waals surface area contributed by atoms with E-state index in [0.717, 1.165) is 11.3 Å². The van der Waals surface area contributed by atoms with Crippen molar-refractivity contribution >= 4 is 29.2 Å². The minimum atomic E-state index is -0.553. The van der Waals surface area contributed by atoms with E-state index in [9.17, 15) is 14.4 Å². The Labute approximate surface area is 162 Å². The van der Waals surface area contributed by atoms with Gasteiger partial charge in [0.05, 0.1) is 12.1 Å². The first-order valence-corrected chi connectivity index (χ1v) is 8.88. The molecule has 9 heteroatoms. The summed E-state index contributed by atoms with van der Waals surface area (Å²) in [7, 11) is 0. The van der Waals surface area contributed by atoms with Gasteiger partial charge in [-0.1, -0.05) is 41.5 Å². The molecule has 9 nitrogen and oxygen atoms in total. The van der Waals surface area contributed by atoms with Gasteiger partial charge in [0.1, 0.15) is 11.9 Å². The van der Waals surface area contributed by atoms with Crippen LogP contribution >= 0.6 is 0 Å². The molecule has 0 saturated heterocycles. The lowest BCUT2D eigenvalue weighted by atomic mass is 10.0. The number of carbonyl (C=O) groups excluding carboxylic acids is 3. The number of Topliss-reactive ketones (excluding diaryl/α,β-unsaturated/α-hetero) is 1. The number of rotatable bonds is 8. The Bertz CT molecular complexity index is 801. The molecule has 1 aliphatic rings. The van der Waals surface area contributed by atoms with Crippen molar-refractivity contribution in [3.63, 3.8) is 0 Å². The maximum Gasteiger partial charge on any atom is 0.332 e. The van der Waals surface area contributed by atoms with Gasteiger partial charge in [-0.15, -0.1) is 0 Å². The molecule has 1 amide bonds. The van der Waals surface area contributed by atoms with Gasteiger partial charge in [0, 0.05) is 31.4 Å². The van der Waals surface area contributed by atoms with Crippen molar-refractivity contribution < 1.29 is 24.1 Å².